The third kappa shape index (κ3) is 3.03. The third-order valence-electron chi connectivity index (χ3n) is 3.73. The second-order valence-electron chi connectivity index (χ2n) is 6.93. The maximum Gasteiger partial charge on any atom is 0.277 e. The van der Waals surface area contributed by atoms with E-state index in [0.29, 0.717) is 17.4 Å². The molecule has 0 atom stereocenters. The lowest BCUT2D eigenvalue weighted by molar-refractivity contribution is 0.102. The van der Waals surface area contributed by atoms with E-state index in [0.717, 1.165) is 11.4 Å². The van der Waals surface area contributed by atoms with Crippen molar-refractivity contribution in [1.29, 1.82) is 0 Å². The highest BCUT2D eigenvalue weighted by molar-refractivity contribution is 6.02. The Labute approximate surface area is 130 Å². The van der Waals surface area contributed by atoms with Gasteiger partial charge in [0.1, 0.15) is 5.82 Å². The average molecular weight is 298 g/mol. The molecule has 1 saturated carbocycles. The summed E-state index contributed by atoms with van der Waals surface area (Å²) in [6.45, 7) is 8.22. The number of nitrogens with one attached hydrogen (secondary N) is 1. The molecular weight excluding hydrogens is 276 g/mol. The average Bonchev–Trinajstić information content (AvgIpc) is 3.15. The minimum absolute atomic E-state index is 0.127. The number of aromatic nitrogens is 3. The fourth-order valence-corrected chi connectivity index (χ4v) is 2.51. The topological polar surface area (TPSA) is 59.8 Å². The molecule has 5 heteroatoms. The molecule has 0 unspecified atom stereocenters. The van der Waals surface area contributed by atoms with Gasteiger partial charge in [-0.1, -0.05) is 6.07 Å². The number of carbonyl (C=O) groups excluding carboxylic acids is 1. The number of aryl methyl sites for hydroxylation is 1. The molecule has 0 saturated heterocycles. The zero-order chi connectivity index (χ0) is 15.9. The van der Waals surface area contributed by atoms with Gasteiger partial charge >= 0.3 is 0 Å². The first-order valence-corrected chi connectivity index (χ1v) is 7.70. The summed E-state index contributed by atoms with van der Waals surface area (Å²) < 4.78 is 1.99. The smallest absolute Gasteiger partial charge is 0.277 e. The number of pyridine rings is 1. The van der Waals surface area contributed by atoms with Crippen LogP contribution in [0.25, 0.3) is 0 Å². The molecule has 0 spiro atoms. The lowest BCUT2D eigenvalue weighted by Crippen LogP contribution is -2.25. The molecule has 1 N–H and O–H groups in total. The molecule has 1 fully saturated rings. The van der Waals surface area contributed by atoms with Crippen molar-refractivity contribution in [3.63, 3.8) is 0 Å². The monoisotopic (exact) mass is 298 g/mol. The first kappa shape index (κ1) is 14.8. The molecule has 1 aliphatic rings. The van der Waals surface area contributed by atoms with Crippen molar-refractivity contribution in [2.75, 3.05) is 5.32 Å². The molecule has 22 heavy (non-hydrogen) atoms. The Balaban J connectivity index is 1.86. The Morgan fingerprint density at radius 3 is 2.64 bits per heavy atom. The van der Waals surface area contributed by atoms with Crippen LogP contribution in [-0.2, 0) is 5.54 Å². The summed E-state index contributed by atoms with van der Waals surface area (Å²) in [5, 5.41) is 7.36. The Morgan fingerprint density at radius 1 is 1.32 bits per heavy atom. The van der Waals surface area contributed by atoms with Crippen LogP contribution in [0.5, 0.6) is 0 Å². The largest absolute Gasteiger partial charge is 0.305 e. The van der Waals surface area contributed by atoms with E-state index in [1.165, 1.54) is 12.8 Å². The Hall–Kier alpha value is -2.17. The van der Waals surface area contributed by atoms with E-state index >= 15 is 0 Å². The fourth-order valence-electron chi connectivity index (χ4n) is 2.51. The highest BCUT2D eigenvalue weighted by atomic mass is 16.2. The van der Waals surface area contributed by atoms with Gasteiger partial charge in [0.15, 0.2) is 5.69 Å². The van der Waals surface area contributed by atoms with E-state index in [2.05, 4.69) is 36.2 Å². The molecule has 0 aromatic carbocycles. The molecule has 0 radical (unpaired) electrons. The van der Waals surface area contributed by atoms with Gasteiger partial charge in [0.2, 0.25) is 0 Å². The summed E-state index contributed by atoms with van der Waals surface area (Å²) in [5.41, 5.74) is 2.37. The van der Waals surface area contributed by atoms with Gasteiger partial charge in [0.05, 0.1) is 5.54 Å². The van der Waals surface area contributed by atoms with Crippen molar-refractivity contribution in [2.45, 2.75) is 52.0 Å². The van der Waals surface area contributed by atoms with E-state index in [-0.39, 0.29) is 11.4 Å². The van der Waals surface area contributed by atoms with Crippen LogP contribution in [0.1, 0.15) is 61.4 Å². The lowest BCUT2D eigenvalue weighted by atomic mass is 10.1. The van der Waals surface area contributed by atoms with E-state index < -0.39 is 0 Å². The summed E-state index contributed by atoms with van der Waals surface area (Å²) in [7, 11) is 0. The molecule has 2 heterocycles. The van der Waals surface area contributed by atoms with Crippen molar-refractivity contribution in [3.8, 4) is 0 Å². The molecule has 0 bridgehead atoms. The molecule has 0 aliphatic heterocycles. The van der Waals surface area contributed by atoms with Crippen LogP contribution < -0.4 is 5.32 Å². The highest BCUT2D eigenvalue weighted by Crippen LogP contribution is 2.41. The first-order chi connectivity index (χ1) is 10.3. The van der Waals surface area contributed by atoms with Crippen molar-refractivity contribution < 1.29 is 4.79 Å². The van der Waals surface area contributed by atoms with E-state index in [4.69, 9.17) is 0 Å². The van der Waals surface area contributed by atoms with Crippen LogP contribution in [0.3, 0.4) is 0 Å². The molecular formula is C17H22N4O. The summed E-state index contributed by atoms with van der Waals surface area (Å²) in [6.07, 6.45) is 2.37. The van der Waals surface area contributed by atoms with Crippen LogP contribution in [0.4, 0.5) is 5.82 Å². The molecule has 1 aliphatic carbocycles. The van der Waals surface area contributed by atoms with Crippen LogP contribution >= 0.6 is 0 Å². The van der Waals surface area contributed by atoms with Gasteiger partial charge in [-0.25, -0.2) is 4.98 Å². The van der Waals surface area contributed by atoms with Gasteiger partial charge < -0.3 is 5.32 Å². The van der Waals surface area contributed by atoms with Crippen LogP contribution in [0, 0.1) is 6.92 Å². The zero-order valence-electron chi connectivity index (χ0n) is 13.6. The number of hydrogen-bond acceptors (Lipinski definition) is 3. The SMILES string of the molecule is Cc1cccc(NC(=O)c2cc(C3CC3)n(C(C)(C)C)n2)n1. The van der Waals surface area contributed by atoms with Gasteiger partial charge in [0.25, 0.3) is 5.91 Å². The van der Waals surface area contributed by atoms with Gasteiger partial charge in [0, 0.05) is 17.3 Å². The summed E-state index contributed by atoms with van der Waals surface area (Å²) >= 11 is 0. The van der Waals surface area contributed by atoms with Gasteiger partial charge in [-0.05, 0) is 58.7 Å². The minimum Gasteiger partial charge on any atom is -0.305 e. The predicted octanol–water partition coefficient (Wildman–Crippen LogP) is 3.47. The predicted molar refractivity (Wildman–Crippen MR) is 86.1 cm³/mol. The van der Waals surface area contributed by atoms with Crippen molar-refractivity contribution in [3.05, 3.63) is 41.3 Å². The maximum absolute atomic E-state index is 12.4. The molecule has 2 aromatic heterocycles. The van der Waals surface area contributed by atoms with E-state index in [9.17, 15) is 4.79 Å². The highest BCUT2D eigenvalue weighted by Gasteiger charge is 2.32. The third-order valence-corrected chi connectivity index (χ3v) is 3.73. The first-order valence-electron chi connectivity index (χ1n) is 7.70. The quantitative estimate of drug-likeness (QED) is 0.944. The van der Waals surface area contributed by atoms with Crippen molar-refractivity contribution >= 4 is 11.7 Å². The minimum atomic E-state index is -0.206. The second kappa shape index (κ2) is 5.23. The van der Waals surface area contributed by atoms with Crippen molar-refractivity contribution in [1.82, 2.24) is 14.8 Å². The fraction of sp³-hybridized carbons (Fsp3) is 0.471. The van der Waals surface area contributed by atoms with Gasteiger partial charge in [-0.15, -0.1) is 0 Å². The molecule has 116 valence electrons. The van der Waals surface area contributed by atoms with Gasteiger partial charge in [-0.2, -0.15) is 5.10 Å². The van der Waals surface area contributed by atoms with Gasteiger partial charge in [-0.3, -0.25) is 9.48 Å². The number of hydrogen-bond donors (Lipinski definition) is 1. The molecule has 5 nitrogen and oxygen atoms in total. The Bertz CT molecular complexity index is 708. The molecule has 3 rings (SSSR count). The standard InChI is InChI=1S/C17H22N4O/c1-11-6-5-7-15(18-11)19-16(22)13-10-14(12-8-9-12)21(20-13)17(2,3)4/h5-7,10,12H,8-9H2,1-4H3,(H,18,19,22). The second-order valence-corrected chi connectivity index (χ2v) is 6.93. The normalized spacial score (nSPS) is 14.9. The number of nitrogens with zero attached hydrogens (tertiary/aromatic N) is 3. The van der Waals surface area contributed by atoms with Crippen LogP contribution in [0.2, 0.25) is 0 Å². The molecule has 2 aromatic rings. The summed E-state index contributed by atoms with van der Waals surface area (Å²) in [6, 6.07) is 7.48. The van der Waals surface area contributed by atoms with Crippen LogP contribution in [0.15, 0.2) is 24.3 Å². The zero-order valence-corrected chi connectivity index (χ0v) is 13.6. The number of amides is 1. The summed E-state index contributed by atoms with van der Waals surface area (Å²) in [5.74, 6) is 0.900. The van der Waals surface area contributed by atoms with Crippen LogP contribution in [-0.4, -0.2) is 20.7 Å². The Kier molecular flexibility index (Phi) is 3.51. The van der Waals surface area contributed by atoms with E-state index in [1.807, 2.05) is 29.8 Å². The summed E-state index contributed by atoms with van der Waals surface area (Å²) in [4.78, 5) is 16.7. The Morgan fingerprint density at radius 2 is 2.05 bits per heavy atom. The molecule has 1 amide bonds. The number of anilines is 1. The lowest BCUT2D eigenvalue weighted by Gasteiger charge is -2.22. The van der Waals surface area contributed by atoms with Crippen molar-refractivity contribution in [2.24, 2.45) is 0 Å². The number of carbonyl (C=O) groups is 1. The number of rotatable bonds is 3. The van der Waals surface area contributed by atoms with E-state index in [1.54, 1.807) is 6.07 Å². The maximum atomic E-state index is 12.4.